The number of rotatable bonds is 8. The summed E-state index contributed by atoms with van der Waals surface area (Å²) in [6, 6.07) is 29.9. The number of para-hydroxylation sites is 1. The van der Waals surface area contributed by atoms with Gasteiger partial charge >= 0.3 is 5.97 Å². The van der Waals surface area contributed by atoms with E-state index in [-0.39, 0.29) is 5.91 Å². The molecule has 2 amide bonds. The van der Waals surface area contributed by atoms with Crippen LogP contribution in [-0.2, 0) is 4.79 Å². The summed E-state index contributed by atoms with van der Waals surface area (Å²) in [5, 5.41) is 6.75. The van der Waals surface area contributed by atoms with Gasteiger partial charge in [-0.25, -0.2) is 10.2 Å². The van der Waals surface area contributed by atoms with Gasteiger partial charge in [-0.3, -0.25) is 9.59 Å². The van der Waals surface area contributed by atoms with Crippen LogP contribution in [0.15, 0.2) is 114 Å². The highest BCUT2D eigenvalue weighted by atomic mass is 16.5. The summed E-state index contributed by atoms with van der Waals surface area (Å²) in [5.74, 6) is -0.880. The molecule has 0 aliphatic rings. The van der Waals surface area contributed by atoms with Crippen LogP contribution in [0.5, 0.6) is 5.75 Å². The first-order valence-corrected chi connectivity index (χ1v) is 11.8. The molecule has 0 atom stereocenters. The summed E-state index contributed by atoms with van der Waals surface area (Å²) >= 11 is 0. The smallest absolute Gasteiger partial charge is 0.343 e. The summed E-state index contributed by atoms with van der Waals surface area (Å²) in [6.45, 7) is 1.90. The van der Waals surface area contributed by atoms with E-state index >= 15 is 0 Å². The van der Waals surface area contributed by atoms with Crippen molar-refractivity contribution in [3.8, 4) is 5.75 Å². The first-order valence-electron chi connectivity index (χ1n) is 11.8. The van der Waals surface area contributed by atoms with E-state index in [1.165, 1.54) is 12.3 Å². The standard InChI is InChI=1S/C31H25N3O4/c1-22-8-7-12-25(20-22)31(37)38-28-13-6-5-11-26(28)21-32-34-30(36)24-15-17-27(18-16-24)33-29(35)19-14-23-9-3-2-4-10-23/h2-21H,1H3,(H,33,35)(H,34,36)/b19-14+,32-21-. The van der Waals surface area contributed by atoms with Crippen molar-refractivity contribution >= 4 is 35.8 Å². The van der Waals surface area contributed by atoms with Gasteiger partial charge in [-0.1, -0.05) is 60.2 Å². The Bertz CT molecular complexity index is 1490. The minimum atomic E-state index is -0.485. The number of hydrogen-bond donors (Lipinski definition) is 2. The lowest BCUT2D eigenvalue weighted by Gasteiger charge is -2.08. The molecule has 0 saturated heterocycles. The fourth-order valence-corrected chi connectivity index (χ4v) is 3.46. The Labute approximate surface area is 220 Å². The van der Waals surface area contributed by atoms with Crippen molar-refractivity contribution in [2.45, 2.75) is 6.92 Å². The number of anilines is 1. The third-order valence-electron chi connectivity index (χ3n) is 5.39. The monoisotopic (exact) mass is 503 g/mol. The Balaban J connectivity index is 1.33. The quantitative estimate of drug-likeness (QED) is 0.107. The molecule has 0 bridgehead atoms. The van der Waals surface area contributed by atoms with E-state index in [1.807, 2.05) is 43.3 Å². The van der Waals surface area contributed by atoms with Crippen LogP contribution in [0.2, 0.25) is 0 Å². The zero-order valence-corrected chi connectivity index (χ0v) is 20.6. The SMILES string of the molecule is Cc1cccc(C(=O)Oc2ccccc2/C=N\NC(=O)c2ccc(NC(=O)/C=C/c3ccccc3)cc2)c1. The zero-order chi connectivity index (χ0) is 26.7. The second kappa shape index (κ2) is 12.6. The number of carbonyl (C=O) groups excluding carboxylic acids is 3. The third-order valence-corrected chi connectivity index (χ3v) is 5.39. The number of carbonyl (C=O) groups is 3. The van der Waals surface area contributed by atoms with Gasteiger partial charge in [0.05, 0.1) is 11.8 Å². The molecule has 4 aromatic rings. The van der Waals surface area contributed by atoms with Gasteiger partial charge in [-0.05, 0) is 67.1 Å². The number of hydrazone groups is 1. The van der Waals surface area contributed by atoms with Crippen LogP contribution in [-0.4, -0.2) is 24.0 Å². The van der Waals surface area contributed by atoms with Crippen LogP contribution in [0.4, 0.5) is 5.69 Å². The van der Waals surface area contributed by atoms with Crippen molar-refractivity contribution in [1.29, 1.82) is 0 Å². The van der Waals surface area contributed by atoms with E-state index in [0.29, 0.717) is 28.1 Å². The van der Waals surface area contributed by atoms with Crippen LogP contribution >= 0.6 is 0 Å². The van der Waals surface area contributed by atoms with Gasteiger partial charge in [-0.15, -0.1) is 0 Å². The van der Waals surface area contributed by atoms with Crippen molar-refractivity contribution in [3.63, 3.8) is 0 Å². The average molecular weight is 504 g/mol. The first-order chi connectivity index (χ1) is 18.5. The zero-order valence-electron chi connectivity index (χ0n) is 20.6. The molecule has 0 unspecified atom stereocenters. The molecule has 0 aliphatic heterocycles. The topological polar surface area (TPSA) is 96.9 Å². The number of hydrogen-bond acceptors (Lipinski definition) is 5. The summed E-state index contributed by atoms with van der Waals surface area (Å²) < 4.78 is 5.53. The largest absolute Gasteiger partial charge is 0.422 e. The van der Waals surface area contributed by atoms with E-state index in [9.17, 15) is 14.4 Å². The lowest BCUT2D eigenvalue weighted by atomic mass is 10.1. The average Bonchev–Trinajstić information content (AvgIpc) is 2.94. The van der Waals surface area contributed by atoms with Crippen molar-refractivity contribution in [2.24, 2.45) is 5.10 Å². The maximum atomic E-state index is 12.5. The number of amides is 2. The Morgan fingerprint density at radius 3 is 2.29 bits per heavy atom. The Kier molecular flexibility index (Phi) is 8.55. The lowest BCUT2D eigenvalue weighted by Crippen LogP contribution is -2.18. The van der Waals surface area contributed by atoms with Crippen molar-refractivity contribution in [2.75, 3.05) is 5.32 Å². The molecule has 2 N–H and O–H groups in total. The summed E-state index contributed by atoms with van der Waals surface area (Å²) in [4.78, 5) is 37.2. The van der Waals surface area contributed by atoms with Gasteiger partial charge in [0.25, 0.3) is 5.91 Å². The predicted molar refractivity (Wildman–Crippen MR) is 148 cm³/mol. The Morgan fingerprint density at radius 1 is 0.789 bits per heavy atom. The highest BCUT2D eigenvalue weighted by Crippen LogP contribution is 2.18. The molecular formula is C31H25N3O4. The van der Waals surface area contributed by atoms with Crippen molar-refractivity contribution < 1.29 is 19.1 Å². The van der Waals surface area contributed by atoms with Crippen LogP contribution in [0.25, 0.3) is 6.08 Å². The fraction of sp³-hybridized carbons (Fsp3) is 0.0323. The van der Waals surface area contributed by atoms with E-state index < -0.39 is 11.9 Å². The number of esters is 1. The first kappa shape index (κ1) is 25.8. The minimum absolute atomic E-state index is 0.280. The molecule has 7 nitrogen and oxygen atoms in total. The molecule has 4 rings (SSSR count). The van der Waals surface area contributed by atoms with Crippen molar-refractivity contribution in [3.05, 3.63) is 137 Å². The molecule has 0 heterocycles. The maximum Gasteiger partial charge on any atom is 0.343 e. The van der Waals surface area contributed by atoms with Crippen LogP contribution < -0.4 is 15.5 Å². The number of ether oxygens (including phenoxy) is 1. The fourth-order valence-electron chi connectivity index (χ4n) is 3.46. The van der Waals surface area contributed by atoms with Crippen molar-refractivity contribution in [1.82, 2.24) is 5.43 Å². The van der Waals surface area contributed by atoms with Gasteiger partial charge in [0.1, 0.15) is 5.75 Å². The summed E-state index contributed by atoms with van der Waals surface area (Å²) in [5.41, 5.74) is 6.21. The normalized spacial score (nSPS) is 10.9. The number of aryl methyl sites for hydroxylation is 1. The molecule has 0 spiro atoms. The van der Waals surface area contributed by atoms with Crippen LogP contribution in [0.3, 0.4) is 0 Å². The Hall–Kier alpha value is -5.30. The Morgan fingerprint density at radius 2 is 1.53 bits per heavy atom. The molecule has 4 aromatic carbocycles. The number of nitrogens with one attached hydrogen (secondary N) is 2. The van der Waals surface area contributed by atoms with Gasteiger partial charge in [0, 0.05) is 22.9 Å². The van der Waals surface area contributed by atoms with E-state index in [1.54, 1.807) is 72.8 Å². The second-order valence-electron chi connectivity index (χ2n) is 8.31. The van der Waals surface area contributed by atoms with Crippen LogP contribution in [0, 0.1) is 6.92 Å². The molecule has 38 heavy (non-hydrogen) atoms. The molecule has 0 fully saturated rings. The van der Waals surface area contributed by atoms with Crippen LogP contribution in [0.1, 0.15) is 37.4 Å². The van der Waals surface area contributed by atoms with E-state index in [0.717, 1.165) is 11.1 Å². The molecule has 0 radical (unpaired) electrons. The number of benzene rings is 4. The van der Waals surface area contributed by atoms with E-state index in [4.69, 9.17) is 4.74 Å². The van der Waals surface area contributed by atoms with Gasteiger partial charge in [0.15, 0.2) is 0 Å². The molecule has 0 aromatic heterocycles. The van der Waals surface area contributed by atoms with Gasteiger partial charge in [0.2, 0.25) is 5.91 Å². The second-order valence-corrected chi connectivity index (χ2v) is 8.31. The van der Waals surface area contributed by atoms with Gasteiger partial charge < -0.3 is 10.1 Å². The van der Waals surface area contributed by atoms with Gasteiger partial charge in [-0.2, -0.15) is 5.10 Å². The highest BCUT2D eigenvalue weighted by molar-refractivity contribution is 6.02. The minimum Gasteiger partial charge on any atom is -0.422 e. The molecular weight excluding hydrogens is 478 g/mol. The maximum absolute atomic E-state index is 12.5. The predicted octanol–water partition coefficient (Wildman–Crippen LogP) is 5.63. The molecule has 0 aliphatic carbocycles. The van der Waals surface area contributed by atoms with E-state index in [2.05, 4.69) is 15.8 Å². The number of nitrogens with zero attached hydrogens (tertiary/aromatic N) is 1. The summed E-state index contributed by atoms with van der Waals surface area (Å²) in [6.07, 6.45) is 4.57. The molecule has 7 heteroatoms. The molecule has 0 saturated carbocycles. The molecule has 188 valence electrons. The summed E-state index contributed by atoms with van der Waals surface area (Å²) in [7, 11) is 0. The lowest BCUT2D eigenvalue weighted by molar-refractivity contribution is -0.111. The highest BCUT2D eigenvalue weighted by Gasteiger charge is 2.11. The third kappa shape index (κ3) is 7.35.